The molecule has 1 rings (SSSR count). The van der Waals surface area contributed by atoms with Crippen LogP contribution < -0.4 is 0 Å². The number of aliphatic hydroxyl groups is 1. The molecule has 0 fully saturated rings. The lowest BCUT2D eigenvalue weighted by molar-refractivity contribution is -0.151. The van der Waals surface area contributed by atoms with Crippen LogP contribution in [0.25, 0.3) is 0 Å². The van der Waals surface area contributed by atoms with Gasteiger partial charge in [0.1, 0.15) is 0 Å². The lowest BCUT2D eigenvalue weighted by Crippen LogP contribution is -2.16. The second kappa shape index (κ2) is 4.29. The molecule has 0 aliphatic rings. The van der Waals surface area contributed by atoms with Crippen molar-refractivity contribution in [3.63, 3.8) is 0 Å². The van der Waals surface area contributed by atoms with Gasteiger partial charge in [0.05, 0.1) is 11.6 Å². The van der Waals surface area contributed by atoms with Crippen LogP contribution in [0.15, 0.2) is 16.9 Å². The van der Waals surface area contributed by atoms with Crippen LogP contribution in [0, 0.1) is 0 Å². The van der Waals surface area contributed by atoms with Crippen LogP contribution >= 0.6 is 15.9 Å². The molecule has 0 amide bonds. The molecule has 0 aliphatic carbocycles. The number of nitrogens with zero attached hydrogens (tertiary/aromatic N) is 2. The number of halogens is 1. The monoisotopic (exact) mass is 246 g/mol. The number of carbonyl (C=O) groups is 1. The molecule has 1 unspecified atom stereocenters. The zero-order valence-electron chi connectivity index (χ0n) is 6.77. The summed E-state index contributed by atoms with van der Waals surface area (Å²) in [4.78, 5) is 18.3. The van der Waals surface area contributed by atoms with Crippen molar-refractivity contribution in [3.05, 3.63) is 22.7 Å². The summed E-state index contributed by atoms with van der Waals surface area (Å²) in [6, 6.07) is 0. The first kappa shape index (κ1) is 10.1. The molecule has 1 aromatic rings. The van der Waals surface area contributed by atoms with Crippen molar-refractivity contribution in [2.75, 3.05) is 7.11 Å². The molecule has 0 bridgehead atoms. The van der Waals surface area contributed by atoms with Crippen molar-refractivity contribution < 1.29 is 14.6 Å². The Bertz CT molecular complexity index is 301. The molecule has 1 aromatic heterocycles. The van der Waals surface area contributed by atoms with Gasteiger partial charge in [-0.2, -0.15) is 0 Å². The summed E-state index contributed by atoms with van der Waals surface area (Å²) in [7, 11) is 1.18. The van der Waals surface area contributed by atoms with Crippen LogP contribution in [0.1, 0.15) is 11.9 Å². The number of aromatic nitrogens is 2. The molecule has 0 spiro atoms. The van der Waals surface area contributed by atoms with E-state index in [1.54, 1.807) is 0 Å². The zero-order chi connectivity index (χ0) is 9.84. The van der Waals surface area contributed by atoms with E-state index in [9.17, 15) is 9.90 Å². The molecular weight excluding hydrogens is 240 g/mol. The van der Waals surface area contributed by atoms with E-state index in [-0.39, 0.29) is 5.82 Å². The Labute approximate surface area is 82.9 Å². The molecule has 13 heavy (non-hydrogen) atoms. The summed E-state index contributed by atoms with van der Waals surface area (Å²) < 4.78 is 4.99. The highest BCUT2D eigenvalue weighted by Gasteiger charge is 2.20. The summed E-state index contributed by atoms with van der Waals surface area (Å²) in [6.45, 7) is 0. The molecule has 5 nitrogen and oxygen atoms in total. The lowest BCUT2D eigenvalue weighted by Gasteiger charge is -2.05. The maximum absolute atomic E-state index is 10.8. The van der Waals surface area contributed by atoms with Crippen molar-refractivity contribution >= 4 is 21.9 Å². The Hall–Kier alpha value is -1.01. The van der Waals surface area contributed by atoms with Gasteiger partial charge in [-0.15, -0.1) is 0 Å². The van der Waals surface area contributed by atoms with Crippen LogP contribution in [0.3, 0.4) is 0 Å². The minimum atomic E-state index is -1.42. The summed E-state index contributed by atoms with van der Waals surface area (Å²) in [5, 5.41) is 9.27. The largest absolute Gasteiger partial charge is 0.467 e. The van der Waals surface area contributed by atoms with E-state index in [4.69, 9.17) is 0 Å². The maximum atomic E-state index is 10.8. The highest BCUT2D eigenvalue weighted by molar-refractivity contribution is 9.10. The van der Waals surface area contributed by atoms with Gasteiger partial charge in [0.15, 0.2) is 5.82 Å². The molecule has 0 saturated carbocycles. The molecule has 1 atom stereocenters. The average Bonchev–Trinajstić information content (AvgIpc) is 2.17. The van der Waals surface area contributed by atoms with Crippen LogP contribution in [-0.2, 0) is 9.53 Å². The molecule has 1 heterocycles. The summed E-state index contributed by atoms with van der Waals surface area (Å²) in [5.74, 6) is -0.752. The van der Waals surface area contributed by atoms with Gasteiger partial charge in [-0.1, -0.05) is 0 Å². The van der Waals surface area contributed by atoms with Gasteiger partial charge < -0.3 is 9.84 Å². The van der Waals surface area contributed by atoms with Crippen molar-refractivity contribution in [2.45, 2.75) is 6.10 Å². The van der Waals surface area contributed by atoms with Crippen molar-refractivity contribution in [1.82, 2.24) is 9.97 Å². The Morgan fingerprint density at radius 1 is 1.62 bits per heavy atom. The Balaban J connectivity index is 2.83. The summed E-state index contributed by atoms with van der Waals surface area (Å²) in [6.07, 6.45) is 1.46. The highest BCUT2D eigenvalue weighted by Crippen LogP contribution is 2.11. The second-order valence-corrected chi connectivity index (χ2v) is 3.10. The minimum absolute atomic E-state index is 0.0232. The fourth-order valence-corrected chi connectivity index (χ4v) is 0.885. The molecule has 70 valence electrons. The van der Waals surface area contributed by atoms with Crippen LogP contribution in [0.5, 0.6) is 0 Å². The van der Waals surface area contributed by atoms with E-state index in [2.05, 4.69) is 30.6 Å². The molecular formula is C7H7BrN2O3. The molecule has 1 N–H and O–H groups in total. The normalized spacial score (nSPS) is 12.2. The third-order valence-corrected chi connectivity index (χ3v) is 1.72. The fourth-order valence-electron chi connectivity index (χ4n) is 0.681. The van der Waals surface area contributed by atoms with Crippen LogP contribution in [0.4, 0.5) is 0 Å². The predicted octanol–water partition coefficient (Wildman–Crippen LogP) is 0.445. The quantitative estimate of drug-likeness (QED) is 0.768. The van der Waals surface area contributed by atoms with Gasteiger partial charge >= 0.3 is 5.97 Å². The van der Waals surface area contributed by atoms with Crippen LogP contribution in [-0.4, -0.2) is 28.2 Å². The predicted molar refractivity (Wildman–Crippen MR) is 46.7 cm³/mol. The van der Waals surface area contributed by atoms with E-state index in [0.29, 0.717) is 4.47 Å². The zero-order valence-corrected chi connectivity index (χ0v) is 8.35. The van der Waals surface area contributed by atoms with Gasteiger partial charge in [0.2, 0.25) is 6.10 Å². The molecule has 0 radical (unpaired) electrons. The second-order valence-electron chi connectivity index (χ2n) is 2.19. The first-order valence-electron chi connectivity index (χ1n) is 3.38. The smallest absolute Gasteiger partial charge is 0.342 e. The van der Waals surface area contributed by atoms with E-state index in [1.807, 2.05) is 0 Å². The van der Waals surface area contributed by atoms with Crippen molar-refractivity contribution in [1.29, 1.82) is 0 Å². The Morgan fingerprint density at radius 2 is 2.15 bits per heavy atom. The van der Waals surface area contributed by atoms with Gasteiger partial charge in [0, 0.05) is 12.4 Å². The standard InChI is InChI=1S/C7H7BrN2O3/c1-13-7(12)5(11)6-9-2-4(8)3-10-6/h2-3,5,11H,1H3. The summed E-state index contributed by atoms with van der Waals surface area (Å²) >= 11 is 3.13. The maximum Gasteiger partial charge on any atom is 0.342 e. The highest BCUT2D eigenvalue weighted by atomic mass is 79.9. The third kappa shape index (κ3) is 2.46. The Morgan fingerprint density at radius 3 is 2.62 bits per heavy atom. The van der Waals surface area contributed by atoms with E-state index in [0.717, 1.165) is 0 Å². The topological polar surface area (TPSA) is 72.3 Å². The molecule has 6 heteroatoms. The van der Waals surface area contributed by atoms with Gasteiger partial charge in [-0.25, -0.2) is 14.8 Å². The number of hydrogen-bond donors (Lipinski definition) is 1. The number of rotatable bonds is 2. The van der Waals surface area contributed by atoms with Gasteiger partial charge in [-0.3, -0.25) is 0 Å². The van der Waals surface area contributed by atoms with E-state index < -0.39 is 12.1 Å². The number of methoxy groups -OCH3 is 1. The number of ether oxygens (including phenoxy) is 1. The summed E-state index contributed by atoms with van der Waals surface area (Å²) in [5.41, 5.74) is 0. The first-order valence-corrected chi connectivity index (χ1v) is 4.17. The van der Waals surface area contributed by atoms with Crippen LogP contribution in [0.2, 0.25) is 0 Å². The van der Waals surface area contributed by atoms with E-state index >= 15 is 0 Å². The van der Waals surface area contributed by atoms with Crippen molar-refractivity contribution in [3.8, 4) is 0 Å². The third-order valence-electron chi connectivity index (χ3n) is 1.31. The Kier molecular flexibility index (Phi) is 3.32. The number of carbonyl (C=O) groups excluding carboxylic acids is 1. The SMILES string of the molecule is COC(=O)C(O)c1ncc(Br)cn1. The van der Waals surface area contributed by atoms with Gasteiger partial charge in [-0.05, 0) is 15.9 Å². The fraction of sp³-hybridized carbons (Fsp3) is 0.286. The average molecular weight is 247 g/mol. The molecule has 0 aliphatic heterocycles. The minimum Gasteiger partial charge on any atom is -0.467 e. The molecule has 0 aromatic carbocycles. The van der Waals surface area contributed by atoms with E-state index in [1.165, 1.54) is 19.5 Å². The van der Waals surface area contributed by atoms with Gasteiger partial charge in [0.25, 0.3) is 0 Å². The van der Waals surface area contributed by atoms with Crippen molar-refractivity contribution in [2.24, 2.45) is 0 Å². The number of hydrogen-bond acceptors (Lipinski definition) is 5. The number of aliphatic hydroxyl groups excluding tert-OH is 1. The number of esters is 1. The first-order chi connectivity index (χ1) is 6.15. The molecule has 0 saturated heterocycles. The lowest BCUT2D eigenvalue weighted by atomic mass is 10.3.